The van der Waals surface area contributed by atoms with E-state index < -0.39 is 11.7 Å². The van der Waals surface area contributed by atoms with E-state index in [1.54, 1.807) is 19.1 Å². The van der Waals surface area contributed by atoms with Gasteiger partial charge in [0.05, 0.1) is 19.2 Å². The standard InChI is InChI=1S/C14H14F3NO2/c1-9-3-4-11(20-9)8-18-13-6-5-10(19-2)7-12(13)14(15,16)17/h3-7,18H,8H2,1-2H3. The highest BCUT2D eigenvalue weighted by molar-refractivity contribution is 5.55. The van der Waals surface area contributed by atoms with Gasteiger partial charge >= 0.3 is 6.18 Å². The highest BCUT2D eigenvalue weighted by atomic mass is 19.4. The Labute approximate surface area is 114 Å². The number of anilines is 1. The molecular formula is C14H14F3NO2. The summed E-state index contributed by atoms with van der Waals surface area (Å²) >= 11 is 0. The van der Waals surface area contributed by atoms with Crippen molar-refractivity contribution in [2.75, 3.05) is 12.4 Å². The number of hydrogen-bond acceptors (Lipinski definition) is 3. The van der Waals surface area contributed by atoms with Crippen LogP contribution in [0.3, 0.4) is 0 Å². The van der Waals surface area contributed by atoms with Gasteiger partial charge < -0.3 is 14.5 Å². The van der Waals surface area contributed by atoms with Crippen molar-refractivity contribution < 1.29 is 22.3 Å². The molecule has 0 aliphatic rings. The lowest BCUT2D eigenvalue weighted by Gasteiger charge is -2.15. The van der Waals surface area contributed by atoms with Gasteiger partial charge in [-0.2, -0.15) is 13.2 Å². The highest BCUT2D eigenvalue weighted by Gasteiger charge is 2.34. The van der Waals surface area contributed by atoms with Gasteiger partial charge in [-0.1, -0.05) is 0 Å². The lowest BCUT2D eigenvalue weighted by atomic mass is 10.1. The quantitative estimate of drug-likeness (QED) is 0.913. The number of rotatable bonds is 4. The molecule has 0 spiro atoms. The molecule has 0 saturated heterocycles. The molecule has 0 amide bonds. The van der Waals surface area contributed by atoms with E-state index >= 15 is 0 Å². The van der Waals surface area contributed by atoms with Crippen LogP contribution in [-0.4, -0.2) is 7.11 Å². The largest absolute Gasteiger partial charge is 0.497 e. The Kier molecular flexibility index (Phi) is 3.92. The SMILES string of the molecule is COc1ccc(NCc2ccc(C)o2)c(C(F)(F)F)c1. The molecule has 1 aromatic heterocycles. The van der Waals surface area contributed by atoms with E-state index in [1.165, 1.54) is 19.2 Å². The van der Waals surface area contributed by atoms with Crippen LogP contribution in [0.15, 0.2) is 34.7 Å². The lowest BCUT2D eigenvalue weighted by Crippen LogP contribution is -2.11. The zero-order valence-electron chi connectivity index (χ0n) is 11.0. The van der Waals surface area contributed by atoms with Crippen molar-refractivity contribution in [1.29, 1.82) is 0 Å². The molecule has 2 aromatic rings. The Hall–Kier alpha value is -2.11. The van der Waals surface area contributed by atoms with Crippen LogP contribution < -0.4 is 10.1 Å². The molecule has 6 heteroatoms. The van der Waals surface area contributed by atoms with E-state index in [0.717, 1.165) is 6.07 Å². The number of nitrogens with one attached hydrogen (secondary N) is 1. The minimum atomic E-state index is -4.45. The van der Waals surface area contributed by atoms with Crippen LogP contribution in [0.25, 0.3) is 0 Å². The van der Waals surface area contributed by atoms with E-state index in [1.807, 2.05) is 0 Å². The molecule has 0 fully saturated rings. The summed E-state index contributed by atoms with van der Waals surface area (Å²) in [7, 11) is 1.33. The molecular weight excluding hydrogens is 271 g/mol. The average Bonchev–Trinajstić information content (AvgIpc) is 2.81. The minimum Gasteiger partial charge on any atom is -0.497 e. The van der Waals surface area contributed by atoms with E-state index in [-0.39, 0.29) is 18.0 Å². The number of aryl methyl sites for hydroxylation is 1. The molecule has 0 aliphatic heterocycles. The zero-order chi connectivity index (χ0) is 14.8. The zero-order valence-corrected chi connectivity index (χ0v) is 11.0. The van der Waals surface area contributed by atoms with Crippen molar-refractivity contribution in [3.8, 4) is 5.75 Å². The van der Waals surface area contributed by atoms with E-state index in [0.29, 0.717) is 11.5 Å². The summed E-state index contributed by atoms with van der Waals surface area (Å²) in [6.07, 6.45) is -4.45. The second-order valence-corrected chi connectivity index (χ2v) is 4.28. The second kappa shape index (κ2) is 5.48. The fraction of sp³-hybridized carbons (Fsp3) is 0.286. The molecule has 0 saturated carbocycles. The van der Waals surface area contributed by atoms with Crippen molar-refractivity contribution in [2.45, 2.75) is 19.6 Å². The summed E-state index contributed by atoms with van der Waals surface area (Å²) in [5.74, 6) is 1.45. The number of benzene rings is 1. The fourth-order valence-corrected chi connectivity index (χ4v) is 1.80. The van der Waals surface area contributed by atoms with Crippen LogP contribution in [0, 0.1) is 6.92 Å². The summed E-state index contributed by atoms with van der Waals surface area (Å²) in [6.45, 7) is 1.96. The van der Waals surface area contributed by atoms with Crippen LogP contribution in [0.4, 0.5) is 18.9 Å². The number of alkyl halides is 3. The predicted octanol–water partition coefficient (Wildman–Crippen LogP) is 4.23. The molecule has 2 rings (SSSR count). The van der Waals surface area contributed by atoms with Gasteiger partial charge in [0, 0.05) is 5.69 Å². The van der Waals surface area contributed by atoms with Gasteiger partial charge in [0.2, 0.25) is 0 Å². The van der Waals surface area contributed by atoms with Crippen LogP contribution in [0.1, 0.15) is 17.1 Å². The monoisotopic (exact) mass is 285 g/mol. The van der Waals surface area contributed by atoms with E-state index in [2.05, 4.69) is 5.32 Å². The molecule has 0 atom stereocenters. The topological polar surface area (TPSA) is 34.4 Å². The molecule has 0 aliphatic carbocycles. The molecule has 1 aromatic carbocycles. The maximum Gasteiger partial charge on any atom is 0.418 e. The fourth-order valence-electron chi connectivity index (χ4n) is 1.80. The number of ether oxygens (including phenoxy) is 1. The third-order valence-corrected chi connectivity index (χ3v) is 2.78. The first-order chi connectivity index (χ1) is 9.40. The van der Waals surface area contributed by atoms with Crippen molar-refractivity contribution >= 4 is 5.69 Å². The molecule has 20 heavy (non-hydrogen) atoms. The predicted molar refractivity (Wildman–Crippen MR) is 68.8 cm³/mol. The van der Waals surface area contributed by atoms with Crippen LogP contribution in [0.5, 0.6) is 5.75 Å². The Morgan fingerprint density at radius 3 is 2.50 bits per heavy atom. The molecule has 1 N–H and O–H groups in total. The average molecular weight is 285 g/mol. The van der Waals surface area contributed by atoms with Gasteiger partial charge in [-0.25, -0.2) is 0 Å². The molecule has 0 unspecified atom stereocenters. The molecule has 0 bridgehead atoms. The smallest absolute Gasteiger partial charge is 0.418 e. The molecule has 0 radical (unpaired) electrons. The maximum absolute atomic E-state index is 13.0. The Balaban J connectivity index is 2.22. The van der Waals surface area contributed by atoms with Gasteiger partial charge in [-0.05, 0) is 37.3 Å². The third-order valence-electron chi connectivity index (χ3n) is 2.78. The Bertz CT molecular complexity index is 590. The molecule has 1 heterocycles. The lowest BCUT2D eigenvalue weighted by molar-refractivity contribution is -0.137. The van der Waals surface area contributed by atoms with Gasteiger partial charge in [0.25, 0.3) is 0 Å². The van der Waals surface area contributed by atoms with Crippen molar-refractivity contribution in [3.05, 3.63) is 47.4 Å². The van der Waals surface area contributed by atoms with Crippen molar-refractivity contribution in [2.24, 2.45) is 0 Å². The minimum absolute atomic E-state index is 0.00708. The second-order valence-electron chi connectivity index (χ2n) is 4.28. The van der Waals surface area contributed by atoms with Crippen LogP contribution in [0.2, 0.25) is 0 Å². The number of methoxy groups -OCH3 is 1. The number of furan rings is 1. The first-order valence-electron chi connectivity index (χ1n) is 5.94. The summed E-state index contributed by atoms with van der Waals surface area (Å²) < 4.78 is 49.1. The first-order valence-corrected chi connectivity index (χ1v) is 5.94. The highest BCUT2D eigenvalue weighted by Crippen LogP contribution is 2.37. The van der Waals surface area contributed by atoms with Crippen molar-refractivity contribution in [3.63, 3.8) is 0 Å². The number of hydrogen-bond donors (Lipinski definition) is 1. The normalized spacial score (nSPS) is 11.4. The molecule has 108 valence electrons. The first kappa shape index (κ1) is 14.3. The van der Waals surface area contributed by atoms with Gasteiger partial charge in [0.15, 0.2) is 0 Å². The Morgan fingerprint density at radius 1 is 1.20 bits per heavy atom. The number of halogens is 3. The summed E-state index contributed by atoms with van der Waals surface area (Å²) in [5, 5.41) is 2.73. The summed E-state index contributed by atoms with van der Waals surface area (Å²) in [4.78, 5) is 0. The van der Waals surface area contributed by atoms with E-state index in [4.69, 9.17) is 9.15 Å². The summed E-state index contributed by atoms with van der Waals surface area (Å²) in [6, 6.07) is 7.27. The third kappa shape index (κ3) is 3.26. The van der Waals surface area contributed by atoms with E-state index in [9.17, 15) is 13.2 Å². The summed E-state index contributed by atoms with van der Waals surface area (Å²) in [5.41, 5.74) is -0.771. The van der Waals surface area contributed by atoms with Gasteiger partial charge in [-0.15, -0.1) is 0 Å². The van der Waals surface area contributed by atoms with Gasteiger partial charge in [0.1, 0.15) is 17.3 Å². The Morgan fingerprint density at radius 2 is 1.95 bits per heavy atom. The van der Waals surface area contributed by atoms with Crippen LogP contribution >= 0.6 is 0 Å². The molecule has 3 nitrogen and oxygen atoms in total. The van der Waals surface area contributed by atoms with Crippen LogP contribution in [-0.2, 0) is 12.7 Å². The maximum atomic E-state index is 13.0. The van der Waals surface area contributed by atoms with Gasteiger partial charge in [-0.3, -0.25) is 0 Å². The van der Waals surface area contributed by atoms with Crippen molar-refractivity contribution in [1.82, 2.24) is 0 Å².